The lowest BCUT2D eigenvalue weighted by atomic mass is 10.1. The van der Waals surface area contributed by atoms with E-state index in [1.807, 2.05) is 0 Å². The molecule has 0 aliphatic carbocycles. The van der Waals surface area contributed by atoms with E-state index in [2.05, 4.69) is 0 Å². The van der Waals surface area contributed by atoms with E-state index in [4.69, 9.17) is 4.74 Å². The maximum absolute atomic E-state index is 11.3. The molecule has 1 aromatic rings. The van der Waals surface area contributed by atoms with Gasteiger partial charge in [-0.3, -0.25) is 4.79 Å². The molecule has 1 rings (SSSR count). The first-order valence-electron chi connectivity index (χ1n) is 4.23. The van der Waals surface area contributed by atoms with Crippen LogP contribution in [-0.2, 0) is 0 Å². The number of phenols is 2. The number of carbonyl (C=O) groups is 1. The summed E-state index contributed by atoms with van der Waals surface area (Å²) in [6.07, 6.45) is 0.341. The van der Waals surface area contributed by atoms with Crippen molar-refractivity contribution in [2.45, 2.75) is 13.3 Å². The number of Topliss-reactive ketones (excluding diaryl/α,β-unsaturated/α-hetero) is 1. The molecular formula is C10H12O4. The third-order valence-electron chi connectivity index (χ3n) is 1.92. The van der Waals surface area contributed by atoms with E-state index < -0.39 is 0 Å². The van der Waals surface area contributed by atoms with Gasteiger partial charge in [0.25, 0.3) is 0 Å². The van der Waals surface area contributed by atoms with Crippen LogP contribution in [0.1, 0.15) is 23.7 Å². The Balaban J connectivity index is 3.22. The van der Waals surface area contributed by atoms with E-state index in [0.29, 0.717) is 12.0 Å². The Bertz CT molecular complexity index is 357. The zero-order valence-electron chi connectivity index (χ0n) is 8.07. The molecule has 0 radical (unpaired) electrons. The van der Waals surface area contributed by atoms with Crippen molar-refractivity contribution >= 4 is 5.78 Å². The summed E-state index contributed by atoms with van der Waals surface area (Å²) in [5, 5.41) is 18.6. The van der Waals surface area contributed by atoms with Gasteiger partial charge in [0.2, 0.25) is 5.75 Å². The first-order valence-corrected chi connectivity index (χ1v) is 4.23. The van der Waals surface area contributed by atoms with Crippen LogP contribution in [0.2, 0.25) is 0 Å². The molecule has 76 valence electrons. The van der Waals surface area contributed by atoms with Crippen molar-refractivity contribution in [2.75, 3.05) is 7.11 Å². The third kappa shape index (κ3) is 1.79. The van der Waals surface area contributed by atoms with Crippen LogP contribution < -0.4 is 4.74 Å². The number of hydrogen-bond acceptors (Lipinski definition) is 4. The molecule has 0 aromatic heterocycles. The second kappa shape index (κ2) is 4.00. The van der Waals surface area contributed by atoms with Gasteiger partial charge in [-0.2, -0.15) is 0 Å². The molecule has 4 heteroatoms. The molecule has 0 unspecified atom stereocenters. The van der Waals surface area contributed by atoms with Crippen molar-refractivity contribution in [1.82, 2.24) is 0 Å². The summed E-state index contributed by atoms with van der Waals surface area (Å²) in [5.41, 5.74) is 0.333. The van der Waals surface area contributed by atoms with Crippen LogP contribution in [0.5, 0.6) is 17.2 Å². The van der Waals surface area contributed by atoms with Crippen LogP contribution >= 0.6 is 0 Å². The summed E-state index contributed by atoms with van der Waals surface area (Å²) in [6, 6.07) is 2.63. The molecule has 0 aliphatic heterocycles. The molecule has 0 heterocycles. The van der Waals surface area contributed by atoms with Crippen molar-refractivity contribution in [3.8, 4) is 17.2 Å². The van der Waals surface area contributed by atoms with E-state index in [0.717, 1.165) is 0 Å². The predicted octanol–water partition coefficient (Wildman–Crippen LogP) is 1.70. The normalized spacial score (nSPS) is 9.86. The van der Waals surface area contributed by atoms with Crippen LogP contribution in [0.3, 0.4) is 0 Å². The summed E-state index contributed by atoms with van der Waals surface area (Å²) in [6.45, 7) is 1.72. The van der Waals surface area contributed by atoms with Gasteiger partial charge >= 0.3 is 0 Å². The third-order valence-corrected chi connectivity index (χ3v) is 1.92. The molecule has 0 saturated carbocycles. The van der Waals surface area contributed by atoms with Gasteiger partial charge in [-0.1, -0.05) is 6.92 Å². The number of phenolic OH excluding ortho intramolecular Hbond substituents is 2. The lowest BCUT2D eigenvalue weighted by Gasteiger charge is -2.07. The molecule has 2 N–H and O–H groups in total. The molecule has 0 fully saturated rings. The minimum atomic E-state index is -0.347. The molecule has 0 bridgehead atoms. The summed E-state index contributed by atoms with van der Waals surface area (Å²) in [7, 11) is 1.36. The molecule has 1 aromatic carbocycles. The van der Waals surface area contributed by atoms with Gasteiger partial charge in [-0.05, 0) is 12.1 Å². The van der Waals surface area contributed by atoms with Crippen molar-refractivity contribution in [1.29, 1.82) is 0 Å². The number of rotatable bonds is 3. The zero-order chi connectivity index (χ0) is 10.7. The van der Waals surface area contributed by atoms with Crippen molar-refractivity contribution in [3.63, 3.8) is 0 Å². The van der Waals surface area contributed by atoms with E-state index in [9.17, 15) is 15.0 Å². The quantitative estimate of drug-likeness (QED) is 0.570. The summed E-state index contributed by atoms with van der Waals surface area (Å²) < 4.78 is 4.80. The Morgan fingerprint density at radius 3 is 2.57 bits per heavy atom. The first-order chi connectivity index (χ1) is 6.60. The van der Waals surface area contributed by atoms with Gasteiger partial charge < -0.3 is 14.9 Å². The minimum Gasteiger partial charge on any atom is -0.504 e. The SMILES string of the molecule is CCC(=O)c1cc(O)c(O)c(OC)c1. The fraction of sp³-hybridized carbons (Fsp3) is 0.300. The fourth-order valence-corrected chi connectivity index (χ4v) is 1.11. The van der Waals surface area contributed by atoms with Crippen molar-refractivity contribution < 1.29 is 19.7 Å². The second-order valence-electron chi connectivity index (χ2n) is 2.82. The van der Waals surface area contributed by atoms with Crippen LogP contribution in [0, 0.1) is 0 Å². The maximum Gasteiger partial charge on any atom is 0.200 e. The molecule has 0 atom stereocenters. The molecule has 0 aliphatic rings. The number of aromatic hydroxyl groups is 2. The van der Waals surface area contributed by atoms with Crippen molar-refractivity contribution in [2.24, 2.45) is 0 Å². The number of hydrogen-bond donors (Lipinski definition) is 2. The molecule has 4 nitrogen and oxygen atoms in total. The Kier molecular flexibility index (Phi) is 2.96. The number of ether oxygens (including phenoxy) is 1. The number of ketones is 1. The van der Waals surface area contributed by atoms with Gasteiger partial charge in [0.15, 0.2) is 17.3 Å². The molecule has 0 saturated heterocycles. The Hall–Kier alpha value is -1.71. The highest BCUT2D eigenvalue weighted by molar-refractivity contribution is 5.97. The number of carbonyl (C=O) groups excluding carboxylic acids is 1. The number of methoxy groups -OCH3 is 1. The maximum atomic E-state index is 11.3. The smallest absolute Gasteiger partial charge is 0.200 e. The highest BCUT2D eigenvalue weighted by Gasteiger charge is 2.12. The van der Waals surface area contributed by atoms with Crippen LogP contribution in [0.25, 0.3) is 0 Å². The predicted molar refractivity (Wildman–Crippen MR) is 50.9 cm³/mol. The monoisotopic (exact) mass is 196 g/mol. The molecule has 0 amide bonds. The van der Waals surface area contributed by atoms with Gasteiger partial charge in [0, 0.05) is 12.0 Å². The van der Waals surface area contributed by atoms with Gasteiger partial charge in [0.1, 0.15) is 0 Å². The topological polar surface area (TPSA) is 66.8 Å². The standard InChI is InChI=1S/C10H12O4/c1-3-7(11)6-4-8(12)10(13)9(5-6)14-2/h4-5,12-13H,3H2,1-2H3. The van der Waals surface area contributed by atoms with Crippen LogP contribution in [0.15, 0.2) is 12.1 Å². The fourth-order valence-electron chi connectivity index (χ4n) is 1.11. The van der Waals surface area contributed by atoms with E-state index in [1.165, 1.54) is 19.2 Å². The Morgan fingerprint density at radius 1 is 1.43 bits per heavy atom. The number of benzene rings is 1. The van der Waals surface area contributed by atoms with E-state index >= 15 is 0 Å². The largest absolute Gasteiger partial charge is 0.504 e. The first kappa shape index (κ1) is 10.4. The molecule has 14 heavy (non-hydrogen) atoms. The van der Waals surface area contributed by atoms with Crippen molar-refractivity contribution in [3.05, 3.63) is 17.7 Å². The molecular weight excluding hydrogens is 184 g/mol. The van der Waals surface area contributed by atoms with Crippen LogP contribution in [0.4, 0.5) is 0 Å². The Labute approximate surface area is 81.8 Å². The lowest BCUT2D eigenvalue weighted by molar-refractivity contribution is 0.0987. The minimum absolute atomic E-state index is 0.0989. The highest BCUT2D eigenvalue weighted by atomic mass is 16.5. The van der Waals surface area contributed by atoms with Gasteiger partial charge in [-0.15, -0.1) is 0 Å². The molecule has 0 spiro atoms. The second-order valence-corrected chi connectivity index (χ2v) is 2.82. The average Bonchev–Trinajstić information content (AvgIpc) is 2.20. The van der Waals surface area contributed by atoms with Gasteiger partial charge in [0.05, 0.1) is 7.11 Å². The van der Waals surface area contributed by atoms with E-state index in [-0.39, 0.29) is 23.0 Å². The van der Waals surface area contributed by atoms with E-state index in [1.54, 1.807) is 6.92 Å². The average molecular weight is 196 g/mol. The lowest BCUT2D eigenvalue weighted by Crippen LogP contribution is -1.97. The zero-order valence-corrected chi connectivity index (χ0v) is 8.07. The summed E-state index contributed by atoms with van der Waals surface area (Å²) in [4.78, 5) is 11.3. The highest BCUT2D eigenvalue weighted by Crippen LogP contribution is 2.36. The summed E-state index contributed by atoms with van der Waals surface area (Å²) in [5.74, 6) is -0.707. The Morgan fingerprint density at radius 2 is 2.07 bits per heavy atom. The van der Waals surface area contributed by atoms with Crippen LogP contribution in [-0.4, -0.2) is 23.1 Å². The van der Waals surface area contributed by atoms with Gasteiger partial charge in [-0.25, -0.2) is 0 Å². The summed E-state index contributed by atoms with van der Waals surface area (Å²) >= 11 is 0.